The smallest absolute Gasteiger partial charge is 0.237 e. The average molecular weight is 350 g/mol. The average Bonchev–Trinajstić information content (AvgIpc) is 2.58. The largest absolute Gasteiger partial charge is 0.354 e. The van der Waals surface area contributed by atoms with Crippen molar-refractivity contribution in [3.05, 3.63) is 71.0 Å². The third-order valence-corrected chi connectivity index (χ3v) is 4.10. The van der Waals surface area contributed by atoms with Gasteiger partial charge >= 0.3 is 0 Å². The van der Waals surface area contributed by atoms with Crippen LogP contribution < -0.4 is 5.32 Å². The molecule has 0 heterocycles. The maximum absolute atomic E-state index is 13.7. The van der Waals surface area contributed by atoms with E-state index in [0.29, 0.717) is 18.5 Å². The summed E-state index contributed by atoms with van der Waals surface area (Å²) in [5.41, 5.74) is 1.26. The fourth-order valence-electron chi connectivity index (χ4n) is 2.38. The molecular formula is C19H21F3N2O. The molecule has 3 nitrogen and oxygen atoms in total. The lowest BCUT2D eigenvalue weighted by molar-refractivity contribution is -0.125. The third kappa shape index (κ3) is 5.60. The van der Waals surface area contributed by atoms with E-state index in [1.807, 2.05) is 0 Å². The normalized spacial score (nSPS) is 12.2. The molecule has 0 saturated carbocycles. The van der Waals surface area contributed by atoms with Crippen LogP contribution in [0.4, 0.5) is 13.2 Å². The fourth-order valence-corrected chi connectivity index (χ4v) is 2.38. The summed E-state index contributed by atoms with van der Waals surface area (Å²) in [7, 11) is 1.70. The van der Waals surface area contributed by atoms with E-state index in [9.17, 15) is 18.0 Å². The van der Waals surface area contributed by atoms with Crippen LogP contribution in [0.1, 0.15) is 18.1 Å². The van der Waals surface area contributed by atoms with Crippen LogP contribution in [-0.2, 0) is 17.8 Å². The van der Waals surface area contributed by atoms with E-state index in [4.69, 9.17) is 0 Å². The fraction of sp³-hybridized carbons (Fsp3) is 0.316. The van der Waals surface area contributed by atoms with Crippen molar-refractivity contribution >= 4 is 5.91 Å². The second kappa shape index (κ2) is 8.67. The van der Waals surface area contributed by atoms with Gasteiger partial charge in [-0.05, 0) is 44.2 Å². The van der Waals surface area contributed by atoms with E-state index in [1.165, 1.54) is 24.3 Å². The van der Waals surface area contributed by atoms with Crippen molar-refractivity contribution in [1.29, 1.82) is 0 Å². The number of nitrogens with zero attached hydrogens (tertiary/aromatic N) is 1. The Morgan fingerprint density at radius 3 is 2.36 bits per heavy atom. The predicted molar refractivity (Wildman–Crippen MR) is 90.4 cm³/mol. The molecule has 2 aromatic carbocycles. The molecule has 1 atom stereocenters. The van der Waals surface area contributed by atoms with Gasteiger partial charge in [-0.25, -0.2) is 13.2 Å². The van der Waals surface area contributed by atoms with Crippen molar-refractivity contribution < 1.29 is 18.0 Å². The van der Waals surface area contributed by atoms with Crippen LogP contribution in [0.3, 0.4) is 0 Å². The number of halogens is 3. The van der Waals surface area contributed by atoms with E-state index >= 15 is 0 Å². The zero-order chi connectivity index (χ0) is 18.4. The molecule has 2 rings (SSSR count). The Morgan fingerprint density at radius 1 is 1.08 bits per heavy atom. The molecule has 2 aromatic rings. The van der Waals surface area contributed by atoms with Gasteiger partial charge in [0.15, 0.2) is 0 Å². The summed E-state index contributed by atoms with van der Waals surface area (Å²) < 4.78 is 39.5. The van der Waals surface area contributed by atoms with Gasteiger partial charge in [0.1, 0.15) is 17.5 Å². The van der Waals surface area contributed by atoms with Crippen LogP contribution >= 0.6 is 0 Å². The van der Waals surface area contributed by atoms with Gasteiger partial charge in [0.25, 0.3) is 0 Å². The van der Waals surface area contributed by atoms with Gasteiger partial charge in [-0.1, -0.05) is 18.2 Å². The van der Waals surface area contributed by atoms with Crippen LogP contribution in [0, 0.1) is 17.5 Å². The van der Waals surface area contributed by atoms with E-state index in [0.717, 1.165) is 11.6 Å². The van der Waals surface area contributed by atoms with E-state index in [-0.39, 0.29) is 18.3 Å². The van der Waals surface area contributed by atoms with Crippen LogP contribution in [0.2, 0.25) is 0 Å². The number of nitrogens with one attached hydrogen (secondary N) is 1. The van der Waals surface area contributed by atoms with Crippen molar-refractivity contribution in [2.45, 2.75) is 25.9 Å². The molecular weight excluding hydrogens is 329 g/mol. The quantitative estimate of drug-likeness (QED) is 0.831. The standard InChI is InChI=1S/C19H21F3N2O/c1-13(24(2)12-15-5-8-17(21)11-18(15)22)19(25)23-10-9-14-3-6-16(20)7-4-14/h3-8,11,13H,9-10,12H2,1-2H3,(H,23,25). The first-order valence-corrected chi connectivity index (χ1v) is 8.03. The van der Waals surface area contributed by atoms with Gasteiger partial charge in [-0.15, -0.1) is 0 Å². The highest BCUT2D eigenvalue weighted by Crippen LogP contribution is 2.13. The second-order valence-corrected chi connectivity index (χ2v) is 5.99. The molecule has 0 aliphatic rings. The number of amides is 1. The maximum atomic E-state index is 13.7. The molecule has 0 aliphatic carbocycles. The second-order valence-electron chi connectivity index (χ2n) is 5.99. The summed E-state index contributed by atoms with van der Waals surface area (Å²) in [6.45, 7) is 2.33. The summed E-state index contributed by atoms with van der Waals surface area (Å²) in [5, 5.41) is 2.81. The number of carbonyl (C=O) groups is 1. The Bertz CT molecular complexity index is 719. The summed E-state index contributed by atoms with van der Waals surface area (Å²) in [4.78, 5) is 13.9. The monoisotopic (exact) mass is 350 g/mol. The number of rotatable bonds is 7. The molecule has 1 N–H and O–H groups in total. The molecule has 0 aliphatic heterocycles. The van der Waals surface area contributed by atoms with Gasteiger partial charge in [0.2, 0.25) is 5.91 Å². The lowest BCUT2D eigenvalue weighted by atomic mass is 10.1. The zero-order valence-electron chi connectivity index (χ0n) is 14.2. The van der Waals surface area contributed by atoms with Crippen LogP contribution in [0.25, 0.3) is 0 Å². The summed E-state index contributed by atoms with van der Waals surface area (Å²) >= 11 is 0. The minimum absolute atomic E-state index is 0.188. The molecule has 25 heavy (non-hydrogen) atoms. The topological polar surface area (TPSA) is 32.3 Å². The summed E-state index contributed by atoms with van der Waals surface area (Å²) in [6.07, 6.45) is 0.592. The first kappa shape index (κ1) is 19.0. The van der Waals surface area contributed by atoms with E-state index in [1.54, 1.807) is 31.0 Å². The minimum Gasteiger partial charge on any atom is -0.354 e. The molecule has 0 spiro atoms. The zero-order valence-corrected chi connectivity index (χ0v) is 14.2. The highest BCUT2D eigenvalue weighted by molar-refractivity contribution is 5.81. The Hall–Kier alpha value is -2.34. The molecule has 0 fully saturated rings. The van der Waals surface area contributed by atoms with Crippen molar-refractivity contribution in [2.24, 2.45) is 0 Å². The van der Waals surface area contributed by atoms with Crippen LogP contribution in [0.5, 0.6) is 0 Å². The lowest BCUT2D eigenvalue weighted by Gasteiger charge is -2.24. The van der Waals surface area contributed by atoms with Gasteiger partial charge in [-0.2, -0.15) is 0 Å². The molecule has 0 bridgehead atoms. The lowest BCUT2D eigenvalue weighted by Crippen LogP contribution is -2.43. The molecule has 0 radical (unpaired) electrons. The molecule has 0 aromatic heterocycles. The van der Waals surface area contributed by atoms with E-state index in [2.05, 4.69) is 5.32 Å². The van der Waals surface area contributed by atoms with E-state index < -0.39 is 17.7 Å². The molecule has 1 amide bonds. The Morgan fingerprint density at radius 2 is 1.72 bits per heavy atom. The predicted octanol–water partition coefficient (Wildman–Crippen LogP) is 3.28. The van der Waals surface area contributed by atoms with Crippen molar-refractivity contribution in [3.8, 4) is 0 Å². The Balaban J connectivity index is 1.82. The third-order valence-electron chi connectivity index (χ3n) is 4.10. The Kier molecular flexibility index (Phi) is 6.58. The van der Waals surface area contributed by atoms with Crippen LogP contribution in [0.15, 0.2) is 42.5 Å². The number of hydrogen-bond donors (Lipinski definition) is 1. The minimum atomic E-state index is -0.629. The number of benzene rings is 2. The SMILES string of the molecule is CC(C(=O)NCCc1ccc(F)cc1)N(C)Cc1ccc(F)cc1F. The van der Waals surface area contributed by atoms with Gasteiger partial charge in [0, 0.05) is 24.7 Å². The Labute approximate surface area is 145 Å². The number of hydrogen-bond acceptors (Lipinski definition) is 2. The summed E-state index contributed by atoms with van der Waals surface area (Å²) in [6, 6.07) is 9.03. The van der Waals surface area contributed by atoms with Gasteiger partial charge in [-0.3, -0.25) is 9.69 Å². The first-order valence-electron chi connectivity index (χ1n) is 8.03. The molecule has 0 saturated heterocycles. The number of carbonyl (C=O) groups excluding carboxylic acids is 1. The van der Waals surface area contributed by atoms with Crippen molar-refractivity contribution in [1.82, 2.24) is 10.2 Å². The van der Waals surface area contributed by atoms with Crippen molar-refractivity contribution in [2.75, 3.05) is 13.6 Å². The molecule has 6 heteroatoms. The van der Waals surface area contributed by atoms with Gasteiger partial charge in [0.05, 0.1) is 6.04 Å². The number of likely N-dealkylation sites (N-methyl/N-ethyl adjacent to an activating group) is 1. The summed E-state index contributed by atoms with van der Waals surface area (Å²) in [5.74, 6) is -1.74. The first-order chi connectivity index (χ1) is 11.9. The highest BCUT2D eigenvalue weighted by Gasteiger charge is 2.19. The van der Waals surface area contributed by atoms with Crippen LogP contribution in [-0.4, -0.2) is 30.4 Å². The van der Waals surface area contributed by atoms with Gasteiger partial charge < -0.3 is 5.32 Å². The van der Waals surface area contributed by atoms with Crippen molar-refractivity contribution in [3.63, 3.8) is 0 Å². The highest BCUT2D eigenvalue weighted by atomic mass is 19.1. The molecule has 134 valence electrons. The molecule has 1 unspecified atom stereocenters. The maximum Gasteiger partial charge on any atom is 0.237 e.